The number of hydrogen-bond donors (Lipinski definition) is 1. The quantitative estimate of drug-likeness (QED) is 0.600. The fourth-order valence-corrected chi connectivity index (χ4v) is 9.24. The molecule has 0 bridgehead atoms. The molecule has 4 rings (SSSR count). The maximum Gasteiger partial charge on any atom is 0.306 e. The predicted octanol–water partition coefficient (Wildman–Crippen LogP) is 5.78. The number of carbonyl (C=O) groups is 3. The molecule has 0 saturated heterocycles. The minimum atomic E-state index is -0.700. The first-order chi connectivity index (χ1) is 14.5. The molecule has 4 aliphatic rings. The van der Waals surface area contributed by atoms with E-state index in [0.717, 1.165) is 44.9 Å². The lowest BCUT2D eigenvalue weighted by atomic mass is 9.42. The SMILES string of the molecule is CC[C@H]1C(=O)C2C(CC[C@@]3(C)C2CC[C@@H]3[C@H](C)C[C@H](C)C(=O)O)[C@@]2(C)CCC(=O)CC12. The molecule has 0 spiro atoms. The van der Waals surface area contributed by atoms with E-state index in [4.69, 9.17) is 0 Å². The summed E-state index contributed by atoms with van der Waals surface area (Å²) < 4.78 is 0. The Bertz CT molecular complexity index is 758. The summed E-state index contributed by atoms with van der Waals surface area (Å²) in [5.41, 5.74) is 0.260. The third-order valence-corrected chi connectivity index (χ3v) is 10.9. The Labute approximate surface area is 187 Å². The number of Topliss-reactive ketones (excluding diaryl/α,β-unsaturated/α-hetero) is 2. The van der Waals surface area contributed by atoms with E-state index in [-0.39, 0.29) is 34.5 Å². The number of carbonyl (C=O) groups excluding carboxylic acids is 2. The van der Waals surface area contributed by atoms with E-state index in [2.05, 4.69) is 27.7 Å². The maximum atomic E-state index is 13.9. The molecule has 0 heterocycles. The van der Waals surface area contributed by atoms with Gasteiger partial charge in [0, 0.05) is 24.7 Å². The highest BCUT2D eigenvalue weighted by atomic mass is 16.4. The van der Waals surface area contributed by atoms with Crippen molar-refractivity contribution in [1.29, 1.82) is 0 Å². The van der Waals surface area contributed by atoms with Crippen molar-refractivity contribution in [2.75, 3.05) is 0 Å². The van der Waals surface area contributed by atoms with Crippen LogP contribution in [-0.4, -0.2) is 22.6 Å². The van der Waals surface area contributed by atoms with Crippen molar-refractivity contribution in [2.45, 2.75) is 92.4 Å². The summed E-state index contributed by atoms with van der Waals surface area (Å²) in [4.78, 5) is 37.7. The van der Waals surface area contributed by atoms with Crippen LogP contribution < -0.4 is 0 Å². The van der Waals surface area contributed by atoms with Crippen LogP contribution in [0.25, 0.3) is 0 Å². The third-order valence-electron chi connectivity index (χ3n) is 10.9. The van der Waals surface area contributed by atoms with Crippen LogP contribution in [-0.2, 0) is 14.4 Å². The number of hydrogen-bond acceptors (Lipinski definition) is 3. The van der Waals surface area contributed by atoms with Crippen molar-refractivity contribution in [3.8, 4) is 0 Å². The lowest BCUT2D eigenvalue weighted by Crippen LogP contribution is -2.60. The Morgan fingerprint density at radius 1 is 1.03 bits per heavy atom. The van der Waals surface area contributed by atoms with Gasteiger partial charge in [-0.3, -0.25) is 14.4 Å². The standard InChI is InChI=1S/C27H42O4/c1-6-18-22-14-17(28)9-11-27(22,5)21-10-12-26(4)19(15(2)13-16(3)25(30)31)7-8-20(26)23(21)24(18)29/h15-16,18-23H,6-14H2,1-5H3,(H,30,31)/t15-,16+,18-,19-,20?,21?,22?,23?,26-,27-/m1/s1. The van der Waals surface area contributed by atoms with E-state index < -0.39 is 5.97 Å². The Balaban J connectivity index is 1.63. The Hall–Kier alpha value is -1.19. The Morgan fingerprint density at radius 2 is 1.71 bits per heavy atom. The van der Waals surface area contributed by atoms with Gasteiger partial charge in [0.15, 0.2) is 0 Å². The zero-order valence-electron chi connectivity index (χ0n) is 20.2. The highest BCUT2D eigenvalue weighted by molar-refractivity contribution is 5.88. The van der Waals surface area contributed by atoms with Crippen LogP contribution in [0.4, 0.5) is 0 Å². The molecule has 0 aromatic carbocycles. The van der Waals surface area contributed by atoms with Crippen LogP contribution in [0.15, 0.2) is 0 Å². The Kier molecular flexibility index (Phi) is 5.92. The molecular weight excluding hydrogens is 388 g/mol. The minimum Gasteiger partial charge on any atom is -0.481 e. The van der Waals surface area contributed by atoms with Crippen LogP contribution in [0.2, 0.25) is 0 Å². The molecule has 0 amide bonds. The van der Waals surface area contributed by atoms with Crippen molar-refractivity contribution in [1.82, 2.24) is 0 Å². The second kappa shape index (κ2) is 7.99. The molecule has 4 heteroatoms. The first-order valence-electron chi connectivity index (χ1n) is 12.8. The number of rotatable bonds is 5. The molecule has 31 heavy (non-hydrogen) atoms. The normalized spacial score (nSPS) is 46.6. The largest absolute Gasteiger partial charge is 0.481 e. The van der Waals surface area contributed by atoms with Crippen molar-refractivity contribution in [3.63, 3.8) is 0 Å². The summed E-state index contributed by atoms with van der Waals surface area (Å²) in [5, 5.41) is 9.40. The number of carboxylic acids is 1. The number of fused-ring (bicyclic) bond motifs is 5. The summed E-state index contributed by atoms with van der Waals surface area (Å²) in [6.45, 7) is 11.0. The molecular formula is C27H42O4. The highest BCUT2D eigenvalue weighted by Crippen LogP contribution is 2.68. The smallest absolute Gasteiger partial charge is 0.306 e. The predicted molar refractivity (Wildman–Crippen MR) is 120 cm³/mol. The zero-order valence-corrected chi connectivity index (χ0v) is 20.2. The second-order valence-electron chi connectivity index (χ2n) is 12.2. The lowest BCUT2D eigenvalue weighted by Gasteiger charge is -2.61. The van der Waals surface area contributed by atoms with Crippen LogP contribution in [0.5, 0.6) is 0 Å². The van der Waals surface area contributed by atoms with Crippen molar-refractivity contribution < 1.29 is 19.5 Å². The van der Waals surface area contributed by atoms with E-state index in [1.54, 1.807) is 0 Å². The van der Waals surface area contributed by atoms with Crippen molar-refractivity contribution >= 4 is 17.5 Å². The van der Waals surface area contributed by atoms with Gasteiger partial charge in [0.1, 0.15) is 11.6 Å². The fraction of sp³-hybridized carbons (Fsp3) is 0.889. The molecule has 4 unspecified atom stereocenters. The van der Waals surface area contributed by atoms with Crippen LogP contribution >= 0.6 is 0 Å². The topological polar surface area (TPSA) is 71.4 Å². The second-order valence-corrected chi connectivity index (χ2v) is 12.2. The van der Waals surface area contributed by atoms with E-state index in [1.165, 1.54) is 0 Å². The first-order valence-corrected chi connectivity index (χ1v) is 12.8. The van der Waals surface area contributed by atoms with Gasteiger partial charge in [0.25, 0.3) is 0 Å². The van der Waals surface area contributed by atoms with Gasteiger partial charge < -0.3 is 5.11 Å². The molecule has 0 radical (unpaired) electrons. The number of ketones is 2. The van der Waals surface area contributed by atoms with Crippen molar-refractivity contribution in [2.24, 2.45) is 58.2 Å². The molecule has 10 atom stereocenters. The Morgan fingerprint density at radius 3 is 2.35 bits per heavy atom. The molecule has 1 N–H and O–H groups in total. The molecule has 0 aromatic heterocycles. The first kappa shape index (κ1) is 23.0. The van der Waals surface area contributed by atoms with Crippen LogP contribution in [0, 0.1) is 58.2 Å². The fourth-order valence-electron chi connectivity index (χ4n) is 9.24. The summed E-state index contributed by atoms with van der Waals surface area (Å²) in [6, 6.07) is 0. The summed E-state index contributed by atoms with van der Waals surface area (Å²) in [5.74, 6) is 1.96. The van der Waals surface area contributed by atoms with Gasteiger partial charge in [-0.15, -0.1) is 0 Å². The van der Waals surface area contributed by atoms with Crippen molar-refractivity contribution in [3.05, 3.63) is 0 Å². The van der Waals surface area contributed by atoms with Gasteiger partial charge in [-0.2, -0.15) is 0 Å². The van der Waals surface area contributed by atoms with E-state index in [0.29, 0.717) is 48.1 Å². The highest BCUT2D eigenvalue weighted by Gasteiger charge is 2.65. The summed E-state index contributed by atoms with van der Waals surface area (Å²) in [6.07, 6.45) is 8.32. The van der Waals surface area contributed by atoms with Gasteiger partial charge in [-0.25, -0.2) is 0 Å². The molecule has 4 aliphatic carbocycles. The van der Waals surface area contributed by atoms with E-state index >= 15 is 0 Å². The summed E-state index contributed by atoms with van der Waals surface area (Å²) in [7, 11) is 0. The van der Waals surface area contributed by atoms with Crippen LogP contribution in [0.3, 0.4) is 0 Å². The van der Waals surface area contributed by atoms with E-state index in [9.17, 15) is 19.5 Å². The monoisotopic (exact) mass is 430 g/mol. The van der Waals surface area contributed by atoms with E-state index in [1.807, 2.05) is 6.92 Å². The average molecular weight is 431 g/mol. The molecule has 174 valence electrons. The maximum absolute atomic E-state index is 13.9. The lowest BCUT2D eigenvalue weighted by molar-refractivity contribution is -0.170. The van der Waals surface area contributed by atoms with Gasteiger partial charge in [-0.05, 0) is 85.4 Å². The molecule has 4 fully saturated rings. The third kappa shape index (κ3) is 3.42. The van der Waals surface area contributed by atoms with Gasteiger partial charge in [0.2, 0.25) is 0 Å². The number of aliphatic carboxylic acids is 1. The zero-order chi connectivity index (χ0) is 22.7. The minimum absolute atomic E-state index is 0.0429. The van der Waals surface area contributed by atoms with Gasteiger partial charge in [0.05, 0.1) is 5.92 Å². The molecule has 4 nitrogen and oxygen atoms in total. The molecule has 0 aromatic rings. The summed E-state index contributed by atoms with van der Waals surface area (Å²) >= 11 is 0. The molecule has 0 aliphatic heterocycles. The van der Waals surface area contributed by atoms with Gasteiger partial charge in [-0.1, -0.05) is 34.6 Å². The number of carboxylic acid groups (broad SMARTS) is 1. The van der Waals surface area contributed by atoms with Crippen LogP contribution in [0.1, 0.15) is 92.4 Å². The van der Waals surface area contributed by atoms with Gasteiger partial charge >= 0.3 is 5.97 Å². The molecule has 4 saturated carbocycles. The average Bonchev–Trinajstić information content (AvgIpc) is 3.06.